The van der Waals surface area contributed by atoms with Crippen molar-refractivity contribution in [3.63, 3.8) is 0 Å². The van der Waals surface area contributed by atoms with Gasteiger partial charge in [-0.15, -0.1) is 0 Å². The first-order valence-electron chi connectivity index (χ1n) is 6.91. The first kappa shape index (κ1) is 13.6. The molecule has 2 heteroatoms. The summed E-state index contributed by atoms with van der Waals surface area (Å²) in [6, 6.07) is 0. The van der Waals surface area contributed by atoms with Crippen molar-refractivity contribution in [3.8, 4) is 0 Å². The Morgan fingerprint density at radius 1 is 1.12 bits per heavy atom. The van der Waals surface area contributed by atoms with Gasteiger partial charge in [0, 0.05) is 0 Å². The van der Waals surface area contributed by atoms with Crippen LogP contribution in [0.5, 0.6) is 0 Å². The van der Waals surface area contributed by atoms with E-state index in [4.69, 9.17) is 0 Å². The third kappa shape index (κ3) is 2.62. The molecule has 1 nitrogen and oxygen atoms in total. The Morgan fingerprint density at radius 2 is 1.71 bits per heavy atom. The van der Waals surface area contributed by atoms with Crippen LogP contribution in [0, 0.1) is 5.92 Å². The van der Waals surface area contributed by atoms with Crippen molar-refractivity contribution < 1.29 is 19.2 Å². The van der Waals surface area contributed by atoms with Crippen LogP contribution in [0.25, 0.3) is 0 Å². The molecular formula is C15H25NTi. The number of hydrogen-bond acceptors (Lipinski definition) is 1. The van der Waals surface area contributed by atoms with Gasteiger partial charge in [0.25, 0.3) is 0 Å². The molecule has 2 rings (SSSR count). The average Bonchev–Trinajstić information content (AvgIpc) is 2.90. The predicted octanol–water partition coefficient (Wildman–Crippen LogP) is 3.77. The Hall–Kier alpha value is 0.154. The third-order valence-corrected chi connectivity index (χ3v) is 7.66. The maximum atomic E-state index is 2.72. The summed E-state index contributed by atoms with van der Waals surface area (Å²) in [7, 11) is 0. The van der Waals surface area contributed by atoms with Gasteiger partial charge in [0.1, 0.15) is 0 Å². The van der Waals surface area contributed by atoms with Crippen molar-refractivity contribution >= 4 is 0 Å². The number of rotatable bonds is 3. The van der Waals surface area contributed by atoms with Crippen molar-refractivity contribution in [2.24, 2.45) is 5.92 Å². The van der Waals surface area contributed by atoms with Crippen LogP contribution in [-0.2, 0) is 19.2 Å². The average molecular weight is 267 g/mol. The molecule has 17 heavy (non-hydrogen) atoms. The molecule has 1 saturated heterocycles. The van der Waals surface area contributed by atoms with Gasteiger partial charge in [-0.25, -0.2) is 0 Å². The first-order chi connectivity index (χ1) is 8.02. The van der Waals surface area contributed by atoms with Crippen LogP contribution in [0.1, 0.15) is 47.5 Å². The molecule has 0 spiro atoms. The number of likely N-dealkylation sites (tertiary alicyclic amines) is 1. The molecule has 2 atom stereocenters. The molecule has 2 aliphatic rings. The fourth-order valence-corrected chi connectivity index (χ4v) is 5.79. The molecule has 0 N–H and O–H groups in total. The zero-order chi connectivity index (χ0) is 12.6. The molecule has 1 aliphatic heterocycles. The molecule has 0 amide bonds. The van der Waals surface area contributed by atoms with Gasteiger partial charge in [0.05, 0.1) is 0 Å². The molecule has 1 fully saturated rings. The first-order valence-corrected chi connectivity index (χ1v) is 8.59. The van der Waals surface area contributed by atoms with E-state index < -0.39 is 0 Å². The zero-order valence-corrected chi connectivity index (χ0v) is 13.5. The van der Waals surface area contributed by atoms with Crippen LogP contribution in [0.15, 0.2) is 20.6 Å². The van der Waals surface area contributed by atoms with Crippen molar-refractivity contribution in [2.75, 3.05) is 13.1 Å². The van der Waals surface area contributed by atoms with E-state index in [1.54, 1.807) is 16.7 Å². The number of nitrogens with zero attached hydrogens (tertiary/aromatic N) is 1. The minimum absolute atomic E-state index is 0.0258. The Morgan fingerprint density at radius 3 is 2.18 bits per heavy atom. The second kappa shape index (κ2) is 5.42. The molecular weight excluding hydrogens is 242 g/mol. The molecule has 1 aliphatic carbocycles. The van der Waals surface area contributed by atoms with Gasteiger partial charge >= 0.3 is 115 Å². The Bertz CT molecular complexity index is 361. The third-order valence-electron chi connectivity index (χ3n) is 4.69. The molecule has 0 bridgehead atoms. The Balaban J connectivity index is 2.05. The molecule has 0 aromatic heterocycles. The van der Waals surface area contributed by atoms with Gasteiger partial charge in [0.15, 0.2) is 0 Å². The summed E-state index contributed by atoms with van der Waals surface area (Å²) in [6.07, 6.45) is 2.83. The van der Waals surface area contributed by atoms with E-state index in [0.29, 0.717) is 0 Å². The van der Waals surface area contributed by atoms with Crippen LogP contribution in [-0.4, -0.2) is 22.3 Å². The van der Waals surface area contributed by atoms with Gasteiger partial charge < -0.3 is 0 Å². The monoisotopic (exact) mass is 267 g/mol. The quantitative estimate of drug-likeness (QED) is 0.703. The maximum absolute atomic E-state index is 2.72. The summed E-state index contributed by atoms with van der Waals surface area (Å²) >= 11 is 0.0258. The summed E-state index contributed by atoms with van der Waals surface area (Å²) in [5.41, 5.74) is 4.82. The van der Waals surface area contributed by atoms with E-state index in [0.717, 1.165) is 10.3 Å². The minimum atomic E-state index is 0.0258. The van der Waals surface area contributed by atoms with E-state index in [1.807, 2.05) is 3.88 Å². The molecule has 1 heterocycles. The predicted molar refractivity (Wildman–Crippen MR) is 70.5 cm³/mol. The molecule has 2 unspecified atom stereocenters. The molecule has 94 valence electrons. The van der Waals surface area contributed by atoms with E-state index in [-0.39, 0.29) is 19.2 Å². The fraction of sp³-hybridized carbons (Fsp3) is 0.733. The Kier molecular flexibility index (Phi) is 4.33. The normalized spacial score (nSPS) is 28.2. The summed E-state index contributed by atoms with van der Waals surface area (Å²) in [5, 5.41) is 0. The number of hydrogen-bond donors (Lipinski definition) is 0. The van der Waals surface area contributed by atoms with Gasteiger partial charge in [-0.05, 0) is 0 Å². The van der Waals surface area contributed by atoms with Crippen LogP contribution >= 0.6 is 0 Å². The molecule has 0 radical (unpaired) electrons. The fourth-order valence-electron chi connectivity index (χ4n) is 3.04. The van der Waals surface area contributed by atoms with Crippen LogP contribution in [0.2, 0.25) is 0 Å². The Labute approximate surface area is 115 Å². The van der Waals surface area contributed by atoms with Crippen LogP contribution < -0.4 is 0 Å². The topological polar surface area (TPSA) is 3.24 Å². The summed E-state index contributed by atoms with van der Waals surface area (Å²) in [4.78, 5) is 2.72. The van der Waals surface area contributed by atoms with Gasteiger partial charge in [-0.2, -0.15) is 0 Å². The van der Waals surface area contributed by atoms with E-state index in [2.05, 4.69) is 39.5 Å². The summed E-state index contributed by atoms with van der Waals surface area (Å²) in [6.45, 7) is 14.5. The summed E-state index contributed by atoms with van der Waals surface area (Å²) in [5.74, 6) is 0.736. The molecule has 0 aromatic carbocycles. The SMILES string of the molecule is CC1=C(C)C(C)[C]([Ti][CH](C)N2CCCC2)=C1C. The second-order valence-corrected chi connectivity index (χ2v) is 8.23. The standard InChI is InChI=1S/C9H13.C6H12N.Ti/c1-6-5-7(2)9(4)8(6)3;1-2-7-5-3-4-6-7;/h6H,1-4H3;2H,3-6H2,1H3;. The van der Waals surface area contributed by atoms with Crippen molar-refractivity contribution in [1.82, 2.24) is 4.90 Å². The van der Waals surface area contributed by atoms with E-state index >= 15 is 0 Å². The van der Waals surface area contributed by atoms with Crippen LogP contribution in [0.3, 0.4) is 0 Å². The van der Waals surface area contributed by atoms with Crippen molar-refractivity contribution in [1.29, 1.82) is 0 Å². The van der Waals surface area contributed by atoms with E-state index in [9.17, 15) is 0 Å². The second-order valence-electron chi connectivity index (χ2n) is 5.63. The van der Waals surface area contributed by atoms with Gasteiger partial charge in [0.2, 0.25) is 0 Å². The van der Waals surface area contributed by atoms with Crippen molar-refractivity contribution in [3.05, 3.63) is 20.6 Å². The van der Waals surface area contributed by atoms with Crippen molar-refractivity contribution in [2.45, 2.75) is 51.8 Å². The van der Waals surface area contributed by atoms with Gasteiger partial charge in [-0.1, -0.05) is 0 Å². The zero-order valence-electron chi connectivity index (χ0n) is 11.9. The number of allylic oxidation sites excluding steroid dienone is 4. The molecule has 0 aromatic rings. The van der Waals surface area contributed by atoms with Crippen LogP contribution in [0.4, 0.5) is 0 Å². The molecule has 0 saturated carbocycles. The van der Waals surface area contributed by atoms with E-state index in [1.165, 1.54) is 25.9 Å². The summed E-state index contributed by atoms with van der Waals surface area (Å²) < 4.78 is 2.67. The van der Waals surface area contributed by atoms with Gasteiger partial charge in [-0.3, -0.25) is 0 Å².